The lowest BCUT2D eigenvalue weighted by atomic mass is 9.91. The molecule has 2 heterocycles. The molecule has 1 aliphatic carbocycles. The highest BCUT2D eigenvalue weighted by molar-refractivity contribution is 6.28. The number of carbonyl (C=O) groups is 2. The third kappa shape index (κ3) is 5.72. The fraction of sp³-hybridized carbons (Fsp3) is 0.684. The van der Waals surface area contributed by atoms with E-state index < -0.39 is 23.2 Å². The van der Waals surface area contributed by atoms with Crippen LogP contribution in [0.5, 0.6) is 0 Å². The van der Waals surface area contributed by atoms with Crippen LogP contribution in [0.1, 0.15) is 45.4 Å². The average molecular weight is 459 g/mol. The highest BCUT2D eigenvalue weighted by Crippen LogP contribution is 2.33. The van der Waals surface area contributed by atoms with Gasteiger partial charge in [-0.3, -0.25) is 25.6 Å². The van der Waals surface area contributed by atoms with E-state index in [9.17, 15) is 24.3 Å². The summed E-state index contributed by atoms with van der Waals surface area (Å²) in [5, 5.41) is 19.9. The Bertz CT molecular complexity index is 804. The first kappa shape index (κ1) is 23.4. The lowest BCUT2D eigenvalue weighted by Gasteiger charge is -2.46. The molecule has 4 N–H and O–H groups in total. The van der Waals surface area contributed by atoms with Gasteiger partial charge in [0.2, 0.25) is 23.4 Å². The molecule has 1 saturated carbocycles. The molecule has 172 valence electrons. The molecule has 2 aliphatic rings. The quantitative estimate of drug-likeness (QED) is 0.180. The molecule has 2 amide bonds. The van der Waals surface area contributed by atoms with Crippen LogP contribution < -0.4 is 15.8 Å². The summed E-state index contributed by atoms with van der Waals surface area (Å²) in [5.41, 5.74) is 3.95. The van der Waals surface area contributed by atoms with Gasteiger partial charge in [-0.15, -0.1) is 0 Å². The van der Waals surface area contributed by atoms with Crippen LogP contribution in [-0.4, -0.2) is 62.9 Å². The standard InChI is InChI=1S/C19H28ClFN6O4/c1-2-19(30)9-26(10-19)16-14(21)15(22-18(20)23-16)24-25-17(29)13(8-27(31)11-28)7-12-5-3-4-6-12/h11-13,30-31H,2-10H2,1H3,(H,25,29)(H,22,23,24)/t13-/m0/s1. The number of rotatable bonds is 10. The first-order valence-electron chi connectivity index (χ1n) is 10.4. The zero-order valence-electron chi connectivity index (χ0n) is 17.4. The highest BCUT2D eigenvalue weighted by atomic mass is 35.5. The monoisotopic (exact) mass is 458 g/mol. The first-order valence-corrected chi connectivity index (χ1v) is 10.8. The van der Waals surface area contributed by atoms with Crippen LogP contribution in [0.25, 0.3) is 0 Å². The summed E-state index contributed by atoms with van der Waals surface area (Å²) in [4.78, 5) is 32.7. The second-order valence-electron chi connectivity index (χ2n) is 8.34. The number of hydrogen-bond donors (Lipinski definition) is 4. The van der Waals surface area contributed by atoms with Crippen molar-refractivity contribution in [2.75, 3.05) is 30.0 Å². The van der Waals surface area contributed by atoms with Crippen molar-refractivity contribution in [1.82, 2.24) is 20.5 Å². The van der Waals surface area contributed by atoms with Crippen molar-refractivity contribution in [3.63, 3.8) is 0 Å². The molecule has 12 heteroatoms. The van der Waals surface area contributed by atoms with Crippen LogP contribution in [0.15, 0.2) is 0 Å². The zero-order valence-corrected chi connectivity index (χ0v) is 18.1. The van der Waals surface area contributed by atoms with Crippen molar-refractivity contribution < 1.29 is 24.3 Å². The van der Waals surface area contributed by atoms with Gasteiger partial charge in [0.25, 0.3) is 0 Å². The fourth-order valence-electron chi connectivity index (χ4n) is 4.14. The minimum Gasteiger partial charge on any atom is -0.386 e. The second kappa shape index (κ2) is 9.92. The molecular formula is C19H28ClFN6O4. The molecule has 0 bridgehead atoms. The molecule has 2 fully saturated rings. The number of aromatic nitrogens is 2. The molecule has 0 aromatic carbocycles. The zero-order chi connectivity index (χ0) is 22.6. The second-order valence-corrected chi connectivity index (χ2v) is 8.68. The van der Waals surface area contributed by atoms with Crippen molar-refractivity contribution >= 4 is 35.6 Å². The molecule has 0 spiro atoms. The number of anilines is 2. The van der Waals surface area contributed by atoms with E-state index in [0.717, 1.165) is 25.7 Å². The molecule has 31 heavy (non-hydrogen) atoms. The van der Waals surface area contributed by atoms with Crippen LogP contribution in [0.4, 0.5) is 16.0 Å². The molecule has 1 aromatic rings. The van der Waals surface area contributed by atoms with Crippen LogP contribution in [0.2, 0.25) is 5.28 Å². The summed E-state index contributed by atoms with van der Waals surface area (Å²) in [6, 6.07) is 0. The molecule has 0 radical (unpaired) electrons. The van der Waals surface area contributed by atoms with Gasteiger partial charge in [0.15, 0.2) is 11.6 Å². The summed E-state index contributed by atoms with van der Waals surface area (Å²) in [6.45, 7) is 2.08. The van der Waals surface area contributed by atoms with Gasteiger partial charge in [-0.25, -0.2) is 5.06 Å². The van der Waals surface area contributed by atoms with Gasteiger partial charge >= 0.3 is 0 Å². The van der Waals surface area contributed by atoms with Crippen LogP contribution in [-0.2, 0) is 9.59 Å². The third-order valence-electron chi connectivity index (χ3n) is 6.03. The molecule has 1 atom stereocenters. The Morgan fingerprint density at radius 3 is 2.71 bits per heavy atom. The molecule has 1 aromatic heterocycles. The van der Waals surface area contributed by atoms with Gasteiger partial charge in [0, 0.05) is 0 Å². The highest BCUT2D eigenvalue weighted by Gasteiger charge is 2.42. The molecule has 0 unspecified atom stereocenters. The minimum absolute atomic E-state index is 0.0696. The van der Waals surface area contributed by atoms with Gasteiger partial charge in [-0.2, -0.15) is 14.4 Å². The Labute approximate surface area is 184 Å². The number of nitrogens with zero attached hydrogens (tertiary/aromatic N) is 4. The Morgan fingerprint density at radius 2 is 2.10 bits per heavy atom. The van der Waals surface area contributed by atoms with Gasteiger partial charge in [-0.1, -0.05) is 32.6 Å². The third-order valence-corrected chi connectivity index (χ3v) is 6.20. The minimum atomic E-state index is -0.895. The summed E-state index contributed by atoms with van der Waals surface area (Å²) >= 11 is 5.92. The molecular weight excluding hydrogens is 431 g/mol. The van der Waals surface area contributed by atoms with E-state index >= 15 is 0 Å². The average Bonchev–Trinajstić information content (AvgIpc) is 3.24. The predicted molar refractivity (Wildman–Crippen MR) is 111 cm³/mol. The number of amides is 2. The Hall–Kier alpha value is -2.24. The largest absolute Gasteiger partial charge is 0.386 e. The summed E-state index contributed by atoms with van der Waals surface area (Å²) in [7, 11) is 0. The van der Waals surface area contributed by atoms with Crippen molar-refractivity contribution in [1.29, 1.82) is 0 Å². The number of nitrogens with one attached hydrogen (secondary N) is 2. The maximum absolute atomic E-state index is 14.9. The number of hydrazine groups is 1. The smallest absolute Gasteiger partial charge is 0.243 e. The summed E-state index contributed by atoms with van der Waals surface area (Å²) in [6.07, 6.45) is 5.42. The van der Waals surface area contributed by atoms with E-state index in [1.54, 1.807) is 0 Å². The maximum atomic E-state index is 14.9. The molecule has 1 aliphatic heterocycles. The summed E-state index contributed by atoms with van der Waals surface area (Å²) in [5.74, 6) is -2.05. The number of halogens is 2. The number of aliphatic hydroxyl groups is 1. The van der Waals surface area contributed by atoms with Crippen molar-refractivity contribution in [2.24, 2.45) is 11.8 Å². The van der Waals surface area contributed by atoms with E-state index in [4.69, 9.17) is 11.6 Å². The summed E-state index contributed by atoms with van der Waals surface area (Å²) < 4.78 is 14.9. The van der Waals surface area contributed by atoms with Gasteiger partial charge in [0.05, 0.1) is 31.2 Å². The van der Waals surface area contributed by atoms with E-state index in [1.165, 1.54) is 4.90 Å². The number of hydroxylamine groups is 2. The van der Waals surface area contributed by atoms with Crippen LogP contribution in [0.3, 0.4) is 0 Å². The van der Waals surface area contributed by atoms with E-state index in [-0.39, 0.29) is 43.0 Å². The fourth-order valence-corrected chi connectivity index (χ4v) is 4.31. The Balaban J connectivity index is 1.66. The van der Waals surface area contributed by atoms with Crippen LogP contribution in [0, 0.1) is 17.7 Å². The maximum Gasteiger partial charge on any atom is 0.243 e. The molecule has 1 saturated heterocycles. The van der Waals surface area contributed by atoms with Gasteiger partial charge in [0.1, 0.15) is 0 Å². The normalized spacial score (nSPS) is 18.9. The van der Waals surface area contributed by atoms with E-state index in [0.29, 0.717) is 23.8 Å². The van der Waals surface area contributed by atoms with Gasteiger partial charge < -0.3 is 10.0 Å². The molecule has 10 nitrogen and oxygen atoms in total. The lowest BCUT2D eigenvalue weighted by Crippen LogP contribution is -2.62. The lowest BCUT2D eigenvalue weighted by molar-refractivity contribution is -0.154. The van der Waals surface area contributed by atoms with Crippen LogP contribution >= 0.6 is 11.6 Å². The number of carbonyl (C=O) groups excluding carboxylic acids is 2. The number of β-amino-alcohol motifs (C(OH)–C–C–N with tert-alkyl or cyclic N) is 1. The topological polar surface area (TPSA) is 131 Å². The molecule has 3 rings (SSSR count). The van der Waals surface area contributed by atoms with Crippen molar-refractivity contribution in [2.45, 2.75) is 51.0 Å². The van der Waals surface area contributed by atoms with E-state index in [2.05, 4.69) is 20.8 Å². The SMILES string of the molecule is CCC1(O)CN(c2nc(Cl)nc(NNC(=O)[C@@H](CC3CCCC3)CN(O)C=O)c2F)C1. The van der Waals surface area contributed by atoms with Crippen molar-refractivity contribution in [3.8, 4) is 0 Å². The Kier molecular flexibility index (Phi) is 7.50. The predicted octanol–water partition coefficient (Wildman–Crippen LogP) is 1.72. The van der Waals surface area contributed by atoms with Gasteiger partial charge in [-0.05, 0) is 30.4 Å². The van der Waals surface area contributed by atoms with E-state index in [1.807, 2.05) is 6.92 Å². The van der Waals surface area contributed by atoms with Crippen molar-refractivity contribution in [3.05, 3.63) is 11.1 Å². The Morgan fingerprint density at radius 1 is 1.42 bits per heavy atom. The number of hydrogen-bond acceptors (Lipinski definition) is 8. The first-order chi connectivity index (χ1) is 14.7.